The first kappa shape index (κ1) is 12.1. The third-order valence-electron chi connectivity index (χ3n) is 2.47. The minimum absolute atomic E-state index is 0.0438. The van der Waals surface area contributed by atoms with Crippen molar-refractivity contribution in [1.82, 2.24) is 10.6 Å². The zero-order valence-corrected chi connectivity index (χ0v) is 11.1. The highest BCUT2D eigenvalue weighted by molar-refractivity contribution is 7.12. The summed E-state index contributed by atoms with van der Waals surface area (Å²) in [7, 11) is 0. The summed E-state index contributed by atoms with van der Waals surface area (Å²) < 4.78 is 0. The molecule has 0 aromatic carbocycles. The standard InChI is InChI=1S/C12H17N3OS/c1-4-8-5-6-9(17-8)10-11(16)15-12(14-10)13-7(2)3/h5-7,10H,4H2,1-3H3,(H2,13,14,15,16). The lowest BCUT2D eigenvalue weighted by molar-refractivity contribution is -0.120. The van der Waals surface area contributed by atoms with Crippen molar-refractivity contribution in [2.45, 2.75) is 39.3 Å². The first-order valence-corrected chi connectivity index (χ1v) is 6.65. The van der Waals surface area contributed by atoms with Crippen LogP contribution in [0.3, 0.4) is 0 Å². The molecule has 0 radical (unpaired) electrons. The van der Waals surface area contributed by atoms with Gasteiger partial charge in [0, 0.05) is 15.8 Å². The van der Waals surface area contributed by atoms with Gasteiger partial charge in [0.25, 0.3) is 5.91 Å². The van der Waals surface area contributed by atoms with Gasteiger partial charge in [0.15, 0.2) is 12.0 Å². The van der Waals surface area contributed by atoms with Crippen LogP contribution in [0.2, 0.25) is 0 Å². The van der Waals surface area contributed by atoms with Gasteiger partial charge in [0.05, 0.1) is 0 Å². The molecule has 17 heavy (non-hydrogen) atoms. The Hall–Kier alpha value is -1.36. The second kappa shape index (κ2) is 4.87. The number of guanidine groups is 1. The molecule has 1 aliphatic heterocycles. The molecule has 2 rings (SSSR count). The average Bonchev–Trinajstić information content (AvgIpc) is 2.83. The smallest absolute Gasteiger partial charge is 0.257 e. The quantitative estimate of drug-likeness (QED) is 0.861. The molecule has 5 heteroatoms. The predicted octanol–water partition coefficient (Wildman–Crippen LogP) is 1.84. The lowest BCUT2D eigenvalue weighted by Crippen LogP contribution is -2.40. The van der Waals surface area contributed by atoms with Crippen molar-refractivity contribution in [3.63, 3.8) is 0 Å². The van der Waals surface area contributed by atoms with Crippen LogP contribution in [0.25, 0.3) is 0 Å². The van der Waals surface area contributed by atoms with E-state index >= 15 is 0 Å². The maximum atomic E-state index is 11.8. The number of amides is 1. The molecule has 1 aliphatic rings. The van der Waals surface area contributed by atoms with E-state index in [1.807, 2.05) is 19.9 Å². The summed E-state index contributed by atoms with van der Waals surface area (Å²) in [5, 5.41) is 5.88. The maximum absolute atomic E-state index is 11.8. The van der Waals surface area contributed by atoms with Crippen LogP contribution in [0, 0.1) is 0 Å². The zero-order chi connectivity index (χ0) is 12.4. The van der Waals surface area contributed by atoms with Crippen LogP contribution in [0.4, 0.5) is 0 Å². The predicted molar refractivity (Wildman–Crippen MR) is 70.3 cm³/mol. The van der Waals surface area contributed by atoms with Gasteiger partial charge in [-0.05, 0) is 32.4 Å². The highest BCUT2D eigenvalue weighted by atomic mass is 32.1. The number of carbonyl (C=O) groups excluding carboxylic acids is 1. The molecule has 0 spiro atoms. The lowest BCUT2D eigenvalue weighted by Gasteiger charge is -2.07. The molecule has 0 saturated heterocycles. The molecule has 1 amide bonds. The number of aryl methyl sites for hydroxylation is 1. The van der Waals surface area contributed by atoms with Crippen molar-refractivity contribution in [2.24, 2.45) is 4.99 Å². The molecule has 2 N–H and O–H groups in total. The molecule has 0 aliphatic carbocycles. The Balaban J connectivity index is 2.15. The van der Waals surface area contributed by atoms with E-state index in [0.717, 1.165) is 11.3 Å². The molecule has 92 valence electrons. The number of aliphatic imine (C=N–C) groups is 1. The van der Waals surface area contributed by atoms with Crippen LogP contribution < -0.4 is 10.6 Å². The number of thiophene rings is 1. The first-order chi connectivity index (χ1) is 8.10. The molecule has 1 unspecified atom stereocenters. The minimum Gasteiger partial charge on any atom is -0.354 e. The Bertz CT molecular complexity index is 450. The van der Waals surface area contributed by atoms with Crippen molar-refractivity contribution in [2.75, 3.05) is 0 Å². The Morgan fingerprint density at radius 2 is 2.29 bits per heavy atom. The summed E-state index contributed by atoms with van der Waals surface area (Å²) in [5.41, 5.74) is 0. The van der Waals surface area contributed by atoms with E-state index in [1.165, 1.54) is 4.88 Å². The van der Waals surface area contributed by atoms with Crippen LogP contribution in [0.5, 0.6) is 0 Å². The van der Waals surface area contributed by atoms with E-state index in [-0.39, 0.29) is 18.0 Å². The van der Waals surface area contributed by atoms with Crippen molar-refractivity contribution in [1.29, 1.82) is 0 Å². The summed E-state index contributed by atoms with van der Waals surface area (Å²) >= 11 is 1.66. The lowest BCUT2D eigenvalue weighted by atomic mass is 10.2. The van der Waals surface area contributed by atoms with Gasteiger partial charge in [-0.1, -0.05) is 6.92 Å². The molecule has 1 atom stereocenters. The number of hydrogen-bond acceptors (Lipinski definition) is 4. The van der Waals surface area contributed by atoms with Gasteiger partial charge in [-0.3, -0.25) is 10.1 Å². The second-order valence-electron chi connectivity index (χ2n) is 4.33. The van der Waals surface area contributed by atoms with E-state index in [1.54, 1.807) is 11.3 Å². The van der Waals surface area contributed by atoms with Crippen molar-refractivity contribution in [3.8, 4) is 0 Å². The third kappa shape index (κ3) is 2.66. The Morgan fingerprint density at radius 1 is 1.53 bits per heavy atom. The van der Waals surface area contributed by atoms with Gasteiger partial charge < -0.3 is 5.32 Å². The number of rotatable bonds is 3. The Morgan fingerprint density at radius 3 is 2.88 bits per heavy atom. The summed E-state index contributed by atoms with van der Waals surface area (Å²) in [6.45, 7) is 6.14. The monoisotopic (exact) mass is 251 g/mol. The van der Waals surface area contributed by atoms with E-state index in [0.29, 0.717) is 5.96 Å². The summed E-state index contributed by atoms with van der Waals surface area (Å²) in [6.07, 6.45) is 1.000. The molecular formula is C12H17N3OS. The third-order valence-corrected chi connectivity index (χ3v) is 3.76. The fourth-order valence-electron chi connectivity index (χ4n) is 1.68. The van der Waals surface area contributed by atoms with Crippen molar-refractivity contribution < 1.29 is 4.79 Å². The molecule has 1 aromatic heterocycles. The highest BCUT2D eigenvalue weighted by Crippen LogP contribution is 2.28. The molecule has 0 fully saturated rings. The highest BCUT2D eigenvalue weighted by Gasteiger charge is 2.29. The van der Waals surface area contributed by atoms with Crippen LogP contribution in [-0.2, 0) is 11.2 Å². The van der Waals surface area contributed by atoms with Crippen LogP contribution in [-0.4, -0.2) is 17.9 Å². The zero-order valence-electron chi connectivity index (χ0n) is 10.3. The van der Waals surface area contributed by atoms with Gasteiger partial charge in [-0.25, -0.2) is 4.99 Å². The molecule has 2 heterocycles. The molecule has 1 aromatic rings. The van der Waals surface area contributed by atoms with Gasteiger partial charge in [0.1, 0.15) is 0 Å². The molecular weight excluding hydrogens is 234 g/mol. The molecule has 0 bridgehead atoms. The topological polar surface area (TPSA) is 53.5 Å². The first-order valence-electron chi connectivity index (χ1n) is 5.84. The summed E-state index contributed by atoms with van der Waals surface area (Å²) in [4.78, 5) is 18.5. The van der Waals surface area contributed by atoms with E-state index in [4.69, 9.17) is 0 Å². The van der Waals surface area contributed by atoms with Crippen LogP contribution in [0.15, 0.2) is 17.1 Å². The summed E-state index contributed by atoms with van der Waals surface area (Å²) in [6, 6.07) is 3.95. The number of nitrogens with one attached hydrogen (secondary N) is 2. The van der Waals surface area contributed by atoms with E-state index in [2.05, 4.69) is 28.6 Å². The van der Waals surface area contributed by atoms with Gasteiger partial charge in [-0.15, -0.1) is 11.3 Å². The Kier molecular flexibility index (Phi) is 3.47. The number of nitrogens with zero attached hydrogens (tertiary/aromatic N) is 1. The van der Waals surface area contributed by atoms with E-state index in [9.17, 15) is 4.79 Å². The normalized spacial score (nSPS) is 19.4. The van der Waals surface area contributed by atoms with Crippen molar-refractivity contribution >= 4 is 23.2 Å². The van der Waals surface area contributed by atoms with Crippen molar-refractivity contribution in [3.05, 3.63) is 21.9 Å². The summed E-state index contributed by atoms with van der Waals surface area (Å²) in [5.74, 6) is 0.541. The van der Waals surface area contributed by atoms with Gasteiger partial charge >= 0.3 is 0 Å². The fraction of sp³-hybridized carbons (Fsp3) is 0.500. The average molecular weight is 251 g/mol. The minimum atomic E-state index is -0.374. The van der Waals surface area contributed by atoms with Gasteiger partial charge in [-0.2, -0.15) is 0 Å². The molecule has 0 saturated carbocycles. The van der Waals surface area contributed by atoms with Crippen LogP contribution >= 0.6 is 11.3 Å². The van der Waals surface area contributed by atoms with Crippen LogP contribution in [0.1, 0.15) is 36.6 Å². The Labute approximate surface area is 105 Å². The second-order valence-corrected chi connectivity index (χ2v) is 5.53. The largest absolute Gasteiger partial charge is 0.354 e. The number of hydrogen-bond donors (Lipinski definition) is 2. The number of carbonyl (C=O) groups is 1. The van der Waals surface area contributed by atoms with Gasteiger partial charge in [0.2, 0.25) is 0 Å². The molecule has 4 nitrogen and oxygen atoms in total. The maximum Gasteiger partial charge on any atom is 0.257 e. The SMILES string of the molecule is CCc1ccc(C2N=C(NC(C)C)NC2=O)s1. The van der Waals surface area contributed by atoms with E-state index < -0.39 is 0 Å². The fourth-order valence-corrected chi connectivity index (χ4v) is 2.67.